The summed E-state index contributed by atoms with van der Waals surface area (Å²) in [4.78, 5) is 16.0. The molecule has 0 atom stereocenters. The van der Waals surface area contributed by atoms with Gasteiger partial charge in [0.25, 0.3) is 5.91 Å². The smallest absolute Gasteiger partial charge is 0.257 e. The van der Waals surface area contributed by atoms with Crippen LogP contribution in [0.3, 0.4) is 0 Å². The van der Waals surface area contributed by atoms with Crippen molar-refractivity contribution in [2.45, 2.75) is 6.54 Å². The zero-order valence-corrected chi connectivity index (χ0v) is 13.6. The molecule has 0 bridgehead atoms. The molecule has 1 amide bonds. The zero-order chi connectivity index (χ0) is 16.3. The van der Waals surface area contributed by atoms with Gasteiger partial charge in [-0.1, -0.05) is 23.7 Å². The number of nitrogens with zero attached hydrogens (tertiary/aromatic N) is 2. The fraction of sp³-hybridized carbons (Fsp3) is 0.235. The van der Waals surface area contributed by atoms with Crippen LogP contribution in [0, 0.1) is 0 Å². The Balaban J connectivity index is 2.12. The predicted molar refractivity (Wildman–Crippen MR) is 89.7 cm³/mol. The number of carbonyl (C=O) groups excluding carboxylic acids is 1. The predicted octanol–water partition coefficient (Wildman–Crippen LogP) is 3.38. The summed E-state index contributed by atoms with van der Waals surface area (Å²) in [7, 11) is 5.65. The van der Waals surface area contributed by atoms with Gasteiger partial charge in [0.1, 0.15) is 5.75 Å². The van der Waals surface area contributed by atoms with Crippen LogP contribution in [0.15, 0.2) is 42.5 Å². The van der Waals surface area contributed by atoms with Gasteiger partial charge in [-0.3, -0.25) is 4.79 Å². The van der Waals surface area contributed by atoms with E-state index < -0.39 is 0 Å². The van der Waals surface area contributed by atoms with E-state index in [0.717, 1.165) is 11.3 Å². The van der Waals surface area contributed by atoms with E-state index in [4.69, 9.17) is 11.6 Å². The highest BCUT2D eigenvalue weighted by atomic mass is 35.5. The summed E-state index contributed by atoms with van der Waals surface area (Å²) in [6.07, 6.45) is 0. The van der Waals surface area contributed by atoms with E-state index in [-0.39, 0.29) is 17.2 Å². The lowest BCUT2D eigenvalue weighted by atomic mass is 10.1. The van der Waals surface area contributed by atoms with E-state index in [2.05, 4.69) is 0 Å². The van der Waals surface area contributed by atoms with Crippen LogP contribution in [0.5, 0.6) is 5.75 Å². The van der Waals surface area contributed by atoms with Crippen molar-refractivity contribution >= 4 is 23.2 Å². The molecule has 0 aliphatic carbocycles. The van der Waals surface area contributed by atoms with Gasteiger partial charge in [-0.2, -0.15) is 0 Å². The number of aromatic hydroxyl groups is 1. The Hall–Kier alpha value is -2.20. The van der Waals surface area contributed by atoms with E-state index >= 15 is 0 Å². The van der Waals surface area contributed by atoms with E-state index in [0.29, 0.717) is 11.6 Å². The van der Waals surface area contributed by atoms with Crippen molar-refractivity contribution in [1.29, 1.82) is 0 Å². The average molecular weight is 319 g/mol. The molecule has 0 radical (unpaired) electrons. The lowest BCUT2D eigenvalue weighted by molar-refractivity contribution is 0.0782. The molecule has 1 N–H and O–H groups in total. The number of hydrogen-bond acceptors (Lipinski definition) is 3. The van der Waals surface area contributed by atoms with E-state index in [1.807, 2.05) is 43.3 Å². The number of halogens is 1. The van der Waals surface area contributed by atoms with Crippen LogP contribution in [-0.4, -0.2) is 37.1 Å². The Bertz CT molecular complexity index is 669. The minimum Gasteiger partial charge on any atom is -0.507 e. The summed E-state index contributed by atoms with van der Waals surface area (Å²) in [6.45, 7) is 0.457. The summed E-state index contributed by atoms with van der Waals surface area (Å²) in [6, 6.07) is 12.4. The van der Waals surface area contributed by atoms with Crippen molar-refractivity contribution in [3.8, 4) is 5.75 Å². The Kier molecular flexibility index (Phi) is 4.93. The van der Waals surface area contributed by atoms with Gasteiger partial charge in [0.2, 0.25) is 0 Å². The first kappa shape index (κ1) is 16.2. The fourth-order valence-electron chi connectivity index (χ4n) is 2.13. The van der Waals surface area contributed by atoms with Crippen LogP contribution in [0.2, 0.25) is 5.02 Å². The second-order valence-corrected chi connectivity index (χ2v) is 5.82. The maximum Gasteiger partial charge on any atom is 0.257 e. The standard InChI is InChI=1S/C17H19ClN2O2/c1-19(2)14-7-4-12(5-8-14)11-20(3)17(22)15-10-13(18)6-9-16(15)21/h4-10,21H,11H2,1-3H3. The minimum absolute atomic E-state index is 0.0656. The number of phenolic OH excluding ortho intramolecular Hbond substituents is 1. The van der Waals surface area contributed by atoms with Crippen molar-refractivity contribution in [2.75, 3.05) is 26.0 Å². The van der Waals surface area contributed by atoms with E-state index in [1.165, 1.54) is 12.1 Å². The van der Waals surface area contributed by atoms with Crippen LogP contribution < -0.4 is 4.90 Å². The van der Waals surface area contributed by atoms with Gasteiger partial charge in [-0.15, -0.1) is 0 Å². The number of hydrogen-bond donors (Lipinski definition) is 1. The number of carbonyl (C=O) groups is 1. The third-order valence-electron chi connectivity index (χ3n) is 3.41. The highest BCUT2D eigenvalue weighted by molar-refractivity contribution is 6.31. The van der Waals surface area contributed by atoms with Gasteiger partial charge in [0.15, 0.2) is 0 Å². The van der Waals surface area contributed by atoms with E-state index in [1.54, 1.807) is 18.0 Å². The first-order chi connectivity index (χ1) is 10.4. The van der Waals surface area contributed by atoms with Crippen LogP contribution in [0.4, 0.5) is 5.69 Å². The molecule has 0 fully saturated rings. The first-order valence-electron chi connectivity index (χ1n) is 6.88. The molecule has 0 heterocycles. The molecule has 2 aromatic rings. The molecule has 4 nitrogen and oxygen atoms in total. The SMILES string of the molecule is CN(Cc1ccc(N(C)C)cc1)C(=O)c1cc(Cl)ccc1O. The molecule has 22 heavy (non-hydrogen) atoms. The molecule has 0 spiro atoms. The summed E-state index contributed by atoms with van der Waals surface area (Å²) < 4.78 is 0. The third kappa shape index (κ3) is 3.71. The number of anilines is 1. The van der Waals surface area contributed by atoms with Gasteiger partial charge in [0.05, 0.1) is 5.56 Å². The summed E-state index contributed by atoms with van der Waals surface area (Å²) in [5, 5.41) is 10.2. The van der Waals surface area contributed by atoms with Crippen LogP contribution >= 0.6 is 11.6 Å². The maximum atomic E-state index is 12.4. The van der Waals surface area contributed by atoms with Crippen molar-refractivity contribution in [2.24, 2.45) is 0 Å². The molecule has 0 aliphatic heterocycles. The Morgan fingerprint density at radius 3 is 2.32 bits per heavy atom. The number of phenols is 1. The molecule has 0 aromatic heterocycles. The number of amides is 1. The van der Waals surface area contributed by atoms with Crippen molar-refractivity contribution < 1.29 is 9.90 Å². The average Bonchev–Trinajstić information content (AvgIpc) is 2.49. The fourth-order valence-corrected chi connectivity index (χ4v) is 2.30. The van der Waals surface area contributed by atoms with Gasteiger partial charge < -0.3 is 14.9 Å². The van der Waals surface area contributed by atoms with Crippen LogP contribution in [0.1, 0.15) is 15.9 Å². The monoisotopic (exact) mass is 318 g/mol. The second kappa shape index (κ2) is 6.71. The summed E-state index contributed by atoms with van der Waals surface area (Å²) in [5.41, 5.74) is 2.33. The second-order valence-electron chi connectivity index (χ2n) is 5.38. The maximum absolute atomic E-state index is 12.4. The van der Waals surface area contributed by atoms with Crippen molar-refractivity contribution in [3.05, 3.63) is 58.6 Å². The molecule has 0 saturated carbocycles. The molecular weight excluding hydrogens is 300 g/mol. The van der Waals surface area contributed by atoms with Crippen molar-refractivity contribution in [1.82, 2.24) is 4.90 Å². The number of rotatable bonds is 4. The molecule has 0 unspecified atom stereocenters. The Morgan fingerprint density at radius 2 is 1.73 bits per heavy atom. The molecule has 0 aliphatic rings. The van der Waals surface area contributed by atoms with Crippen LogP contribution in [0.25, 0.3) is 0 Å². The van der Waals surface area contributed by atoms with Gasteiger partial charge in [0, 0.05) is 38.4 Å². The highest BCUT2D eigenvalue weighted by Crippen LogP contribution is 2.23. The largest absolute Gasteiger partial charge is 0.507 e. The first-order valence-corrected chi connectivity index (χ1v) is 7.26. The highest BCUT2D eigenvalue weighted by Gasteiger charge is 2.16. The quantitative estimate of drug-likeness (QED) is 0.939. The number of benzene rings is 2. The van der Waals surface area contributed by atoms with Gasteiger partial charge in [-0.05, 0) is 35.9 Å². The zero-order valence-electron chi connectivity index (χ0n) is 12.9. The summed E-state index contributed by atoms with van der Waals surface area (Å²) >= 11 is 5.89. The third-order valence-corrected chi connectivity index (χ3v) is 3.64. The molecular formula is C17H19ClN2O2. The lowest BCUT2D eigenvalue weighted by Gasteiger charge is -2.19. The minimum atomic E-state index is -0.267. The normalized spacial score (nSPS) is 10.4. The molecule has 116 valence electrons. The molecule has 2 rings (SSSR count). The lowest BCUT2D eigenvalue weighted by Crippen LogP contribution is -2.26. The molecule has 0 saturated heterocycles. The topological polar surface area (TPSA) is 43.8 Å². The van der Waals surface area contributed by atoms with Gasteiger partial charge in [-0.25, -0.2) is 0 Å². The van der Waals surface area contributed by atoms with Gasteiger partial charge >= 0.3 is 0 Å². The summed E-state index contributed by atoms with van der Waals surface area (Å²) in [5.74, 6) is -0.333. The van der Waals surface area contributed by atoms with E-state index in [9.17, 15) is 9.90 Å². The molecule has 5 heteroatoms. The van der Waals surface area contributed by atoms with Crippen molar-refractivity contribution in [3.63, 3.8) is 0 Å². The Morgan fingerprint density at radius 1 is 1.09 bits per heavy atom. The molecule has 2 aromatic carbocycles. The van der Waals surface area contributed by atoms with Crippen LogP contribution in [-0.2, 0) is 6.54 Å². The Labute approximate surface area is 135 Å².